The molecule has 0 aliphatic heterocycles. The van der Waals surface area contributed by atoms with Gasteiger partial charge in [-0.25, -0.2) is 0 Å². The van der Waals surface area contributed by atoms with E-state index in [4.69, 9.17) is 28.6 Å². The molecule has 0 bridgehead atoms. The van der Waals surface area contributed by atoms with E-state index in [2.05, 4.69) is 0 Å². The number of Topliss-reactive ketones (excluding diaryl/α,β-unsaturated/α-hetero) is 1. The van der Waals surface area contributed by atoms with Crippen LogP contribution in [0.2, 0.25) is 10.0 Å². The zero-order valence-corrected chi connectivity index (χ0v) is 13.1. The molecule has 1 atom stereocenters. The number of hydrogen-bond acceptors (Lipinski definition) is 2. The minimum atomic E-state index is -0.174. The third-order valence-corrected chi connectivity index (χ3v) is 4.15. The molecule has 0 saturated heterocycles. The summed E-state index contributed by atoms with van der Waals surface area (Å²) in [6.07, 6.45) is 0.103. The van der Waals surface area contributed by atoms with Crippen molar-refractivity contribution in [1.29, 1.82) is 5.41 Å². The lowest BCUT2D eigenvalue weighted by molar-refractivity contribution is 0.1000. The summed E-state index contributed by atoms with van der Waals surface area (Å²) in [7, 11) is 0. The maximum absolute atomic E-state index is 12.1. The molecule has 0 fully saturated rings. The van der Waals surface area contributed by atoms with E-state index in [0.717, 1.165) is 5.56 Å². The van der Waals surface area contributed by atoms with Gasteiger partial charge in [0.1, 0.15) is 0 Å². The normalized spacial score (nSPS) is 12.0. The van der Waals surface area contributed by atoms with Gasteiger partial charge >= 0.3 is 0 Å². The van der Waals surface area contributed by atoms with Crippen LogP contribution in [0.1, 0.15) is 35.2 Å². The number of halogens is 2. The Bertz CT molecular complexity index is 668. The van der Waals surface area contributed by atoms with Gasteiger partial charge in [0.2, 0.25) is 0 Å². The number of carbonyl (C=O) groups is 1. The second-order valence-electron chi connectivity index (χ2n) is 4.89. The van der Waals surface area contributed by atoms with E-state index in [1.165, 1.54) is 0 Å². The molecule has 0 aliphatic carbocycles. The maximum Gasteiger partial charge on any atom is 0.168 e. The molecule has 2 aromatic carbocycles. The van der Waals surface area contributed by atoms with Crippen molar-refractivity contribution < 1.29 is 4.79 Å². The first kappa shape index (κ1) is 15.7. The van der Waals surface area contributed by atoms with Gasteiger partial charge in [-0.2, -0.15) is 0 Å². The van der Waals surface area contributed by atoms with Crippen LogP contribution >= 0.6 is 23.2 Å². The van der Waals surface area contributed by atoms with Crippen molar-refractivity contribution in [1.82, 2.24) is 0 Å². The lowest BCUT2D eigenvalue weighted by Crippen LogP contribution is -2.14. The number of ketones is 1. The zero-order chi connectivity index (χ0) is 15.4. The molecule has 1 N–H and O–H groups in total. The highest BCUT2D eigenvalue weighted by atomic mass is 35.5. The van der Waals surface area contributed by atoms with Gasteiger partial charge in [0.25, 0.3) is 0 Å². The highest BCUT2D eigenvalue weighted by molar-refractivity contribution is 6.42. The maximum atomic E-state index is 12.1. The second kappa shape index (κ2) is 6.88. The fraction of sp³-hybridized carbons (Fsp3) is 0.176. The lowest BCUT2D eigenvalue weighted by Gasteiger charge is -2.14. The van der Waals surface area contributed by atoms with Crippen LogP contribution in [0.25, 0.3) is 0 Å². The van der Waals surface area contributed by atoms with E-state index in [9.17, 15) is 4.79 Å². The minimum Gasteiger partial charge on any atom is -0.309 e. The van der Waals surface area contributed by atoms with Crippen molar-refractivity contribution in [2.24, 2.45) is 0 Å². The van der Waals surface area contributed by atoms with Gasteiger partial charge in [-0.1, -0.05) is 66.5 Å². The molecule has 2 rings (SSSR count). The summed E-state index contributed by atoms with van der Waals surface area (Å²) in [6, 6.07) is 14.3. The van der Waals surface area contributed by atoms with Gasteiger partial charge in [0, 0.05) is 23.6 Å². The molecule has 0 aromatic heterocycles. The van der Waals surface area contributed by atoms with Crippen LogP contribution in [-0.4, -0.2) is 11.5 Å². The minimum absolute atomic E-state index is 0.0486. The predicted octanol–water partition coefficient (Wildman–Crippen LogP) is 5.39. The first-order valence-corrected chi connectivity index (χ1v) is 7.35. The average Bonchev–Trinajstić information content (AvgIpc) is 2.50. The summed E-state index contributed by atoms with van der Waals surface area (Å²) >= 11 is 11.9. The van der Waals surface area contributed by atoms with E-state index in [-0.39, 0.29) is 18.1 Å². The average molecular weight is 320 g/mol. The quantitative estimate of drug-likeness (QED) is 0.582. The Morgan fingerprint density at radius 1 is 1.10 bits per heavy atom. The Kier molecular flexibility index (Phi) is 5.16. The SMILES string of the molecule is CC(C(=N)CC(=O)c1ccccc1)c1ccc(Cl)c(Cl)c1. The van der Waals surface area contributed by atoms with E-state index in [1.807, 2.05) is 31.2 Å². The highest BCUT2D eigenvalue weighted by Gasteiger charge is 2.16. The summed E-state index contributed by atoms with van der Waals surface area (Å²) in [5.41, 5.74) is 1.88. The molecule has 0 spiro atoms. The summed E-state index contributed by atoms with van der Waals surface area (Å²) in [5, 5.41) is 9.09. The van der Waals surface area contributed by atoms with Gasteiger partial charge in [-0.05, 0) is 17.7 Å². The molecular weight excluding hydrogens is 305 g/mol. The molecule has 0 amide bonds. The fourth-order valence-corrected chi connectivity index (χ4v) is 2.34. The third kappa shape index (κ3) is 3.93. The van der Waals surface area contributed by atoms with Crippen LogP contribution < -0.4 is 0 Å². The van der Waals surface area contributed by atoms with Crippen molar-refractivity contribution in [2.45, 2.75) is 19.3 Å². The molecule has 0 radical (unpaired) electrons. The Morgan fingerprint density at radius 3 is 2.38 bits per heavy atom. The van der Waals surface area contributed by atoms with Gasteiger partial charge in [-0.3, -0.25) is 4.79 Å². The van der Waals surface area contributed by atoms with Gasteiger partial charge in [-0.15, -0.1) is 0 Å². The van der Waals surface area contributed by atoms with E-state index < -0.39 is 0 Å². The van der Waals surface area contributed by atoms with Crippen LogP contribution in [0.15, 0.2) is 48.5 Å². The number of benzene rings is 2. The predicted molar refractivity (Wildman–Crippen MR) is 88.0 cm³/mol. The van der Waals surface area contributed by atoms with Crippen LogP contribution in [0.3, 0.4) is 0 Å². The van der Waals surface area contributed by atoms with Crippen LogP contribution in [0.5, 0.6) is 0 Å². The monoisotopic (exact) mass is 319 g/mol. The summed E-state index contributed by atoms with van der Waals surface area (Å²) in [6.45, 7) is 1.89. The summed E-state index contributed by atoms with van der Waals surface area (Å²) in [4.78, 5) is 12.1. The van der Waals surface area contributed by atoms with E-state index >= 15 is 0 Å². The van der Waals surface area contributed by atoms with E-state index in [1.54, 1.807) is 24.3 Å². The Labute approximate surface area is 134 Å². The number of hydrogen-bond donors (Lipinski definition) is 1. The zero-order valence-electron chi connectivity index (χ0n) is 11.6. The van der Waals surface area contributed by atoms with Crippen molar-refractivity contribution >= 4 is 34.7 Å². The molecule has 108 valence electrons. The number of carbonyl (C=O) groups excluding carboxylic acids is 1. The standard InChI is InChI=1S/C17H15Cl2NO/c1-11(13-7-8-14(18)15(19)9-13)16(20)10-17(21)12-5-3-2-4-6-12/h2-9,11,20H,10H2,1H3. The molecule has 1 unspecified atom stereocenters. The third-order valence-electron chi connectivity index (χ3n) is 3.41. The largest absolute Gasteiger partial charge is 0.309 e. The lowest BCUT2D eigenvalue weighted by atomic mass is 9.92. The molecular formula is C17H15Cl2NO. The van der Waals surface area contributed by atoms with Crippen molar-refractivity contribution in [3.8, 4) is 0 Å². The summed E-state index contributed by atoms with van der Waals surface area (Å²) < 4.78 is 0. The number of rotatable bonds is 5. The van der Waals surface area contributed by atoms with Crippen molar-refractivity contribution in [2.75, 3.05) is 0 Å². The highest BCUT2D eigenvalue weighted by Crippen LogP contribution is 2.27. The van der Waals surface area contributed by atoms with Gasteiger partial charge in [0.15, 0.2) is 5.78 Å². The Morgan fingerprint density at radius 2 is 1.76 bits per heavy atom. The molecule has 0 heterocycles. The van der Waals surface area contributed by atoms with Crippen molar-refractivity contribution in [3.05, 3.63) is 69.7 Å². The molecule has 4 heteroatoms. The Balaban J connectivity index is 2.09. The van der Waals surface area contributed by atoms with Crippen molar-refractivity contribution in [3.63, 3.8) is 0 Å². The molecule has 2 aromatic rings. The van der Waals surface area contributed by atoms with Crippen LogP contribution in [0, 0.1) is 5.41 Å². The Hall–Kier alpha value is -1.64. The van der Waals surface area contributed by atoms with Gasteiger partial charge in [0.05, 0.1) is 10.0 Å². The van der Waals surface area contributed by atoms with Crippen LogP contribution in [0.4, 0.5) is 0 Å². The summed E-state index contributed by atoms with van der Waals surface area (Å²) in [5.74, 6) is -0.222. The second-order valence-corrected chi connectivity index (χ2v) is 5.70. The number of nitrogens with one attached hydrogen (secondary N) is 1. The first-order valence-electron chi connectivity index (χ1n) is 6.59. The molecule has 2 nitrogen and oxygen atoms in total. The smallest absolute Gasteiger partial charge is 0.168 e. The van der Waals surface area contributed by atoms with Gasteiger partial charge < -0.3 is 5.41 Å². The topological polar surface area (TPSA) is 40.9 Å². The van der Waals surface area contributed by atoms with E-state index in [0.29, 0.717) is 21.3 Å². The first-order chi connectivity index (χ1) is 9.99. The molecule has 0 aliphatic rings. The van der Waals surface area contributed by atoms with Crippen LogP contribution in [-0.2, 0) is 0 Å². The molecule has 0 saturated carbocycles. The fourth-order valence-electron chi connectivity index (χ4n) is 2.04. The molecule has 21 heavy (non-hydrogen) atoms.